The molecule has 1 aliphatic rings. The van der Waals surface area contributed by atoms with E-state index < -0.39 is 0 Å². The maximum Gasteiger partial charge on any atom is 0.256 e. The van der Waals surface area contributed by atoms with Gasteiger partial charge >= 0.3 is 0 Å². The summed E-state index contributed by atoms with van der Waals surface area (Å²) >= 11 is 0. The third kappa shape index (κ3) is 2.79. The molecule has 1 aliphatic heterocycles. The molecule has 1 aromatic rings. The third-order valence-corrected chi connectivity index (χ3v) is 3.23. The van der Waals surface area contributed by atoms with E-state index in [0.717, 1.165) is 25.1 Å². The topological polar surface area (TPSA) is 71.2 Å². The Morgan fingerprint density at radius 2 is 2.39 bits per heavy atom. The van der Waals surface area contributed by atoms with Crippen molar-refractivity contribution in [1.29, 1.82) is 0 Å². The number of ether oxygens (including phenoxy) is 1. The van der Waals surface area contributed by atoms with Crippen LogP contribution in [-0.4, -0.2) is 29.6 Å². The Kier molecular flexibility index (Phi) is 3.52. The zero-order valence-corrected chi connectivity index (χ0v) is 10.7. The van der Waals surface area contributed by atoms with Gasteiger partial charge < -0.3 is 15.0 Å². The first-order valence-corrected chi connectivity index (χ1v) is 6.12. The van der Waals surface area contributed by atoms with Gasteiger partial charge in [-0.3, -0.25) is 9.59 Å². The lowest BCUT2D eigenvalue weighted by atomic mass is 10.0. The van der Waals surface area contributed by atoms with Crippen molar-refractivity contribution in [2.75, 3.05) is 13.2 Å². The van der Waals surface area contributed by atoms with Gasteiger partial charge in [0.25, 0.3) is 5.91 Å². The van der Waals surface area contributed by atoms with Crippen molar-refractivity contribution in [3.63, 3.8) is 0 Å². The minimum absolute atomic E-state index is 0.141. The van der Waals surface area contributed by atoms with E-state index in [9.17, 15) is 9.59 Å². The first-order chi connectivity index (χ1) is 8.50. The molecule has 2 heterocycles. The number of pyridine rings is 1. The Morgan fingerprint density at radius 3 is 3.00 bits per heavy atom. The molecule has 1 fully saturated rings. The summed E-state index contributed by atoms with van der Waals surface area (Å²) in [6.07, 6.45) is 3.39. The molecule has 98 valence electrons. The highest BCUT2D eigenvalue weighted by molar-refractivity contribution is 5.93. The predicted molar refractivity (Wildman–Crippen MR) is 67.7 cm³/mol. The molecule has 0 aromatic carbocycles. The number of aromatic nitrogens is 1. The molecular weight excluding hydrogens is 232 g/mol. The van der Waals surface area contributed by atoms with Crippen LogP contribution in [0, 0.1) is 6.92 Å². The number of hydrogen-bond donors (Lipinski definition) is 2. The lowest BCUT2D eigenvalue weighted by Crippen LogP contribution is -2.41. The Hall–Kier alpha value is -1.62. The molecule has 0 aliphatic carbocycles. The fourth-order valence-electron chi connectivity index (χ4n) is 2.09. The van der Waals surface area contributed by atoms with Crippen LogP contribution in [0.2, 0.25) is 0 Å². The molecule has 1 atom stereocenters. The zero-order chi connectivity index (χ0) is 13.2. The minimum Gasteiger partial charge on any atom is -0.373 e. The van der Waals surface area contributed by atoms with Crippen LogP contribution in [0.1, 0.15) is 35.8 Å². The van der Waals surface area contributed by atoms with Gasteiger partial charge in [0.05, 0.1) is 5.60 Å². The number of aromatic amines is 1. The molecule has 1 aromatic heterocycles. The summed E-state index contributed by atoms with van der Waals surface area (Å²) in [5.74, 6) is -0.354. The van der Waals surface area contributed by atoms with Crippen LogP contribution in [0.4, 0.5) is 0 Å². The van der Waals surface area contributed by atoms with Gasteiger partial charge in [-0.2, -0.15) is 0 Å². The lowest BCUT2D eigenvalue weighted by Gasteiger charge is -2.23. The second-order valence-corrected chi connectivity index (χ2v) is 4.98. The van der Waals surface area contributed by atoms with E-state index in [4.69, 9.17) is 4.74 Å². The van der Waals surface area contributed by atoms with Crippen molar-refractivity contribution in [1.82, 2.24) is 10.3 Å². The first kappa shape index (κ1) is 12.8. The van der Waals surface area contributed by atoms with E-state index >= 15 is 0 Å². The van der Waals surface area contributed by atoms with Gasteiger partial charge in [0.2, 0.25) is 0 Å². The third-order valence-electron chi connectivity index (χ3n) is 3.23. The van der Waals surface area contributed by atoms with Crippen molar-refractivity contribution in [2.45, 2.75) is 32.3 Å². The highest BCUT2D eigenvalue weighted by atomic mass is 16.5. The van der Waals surface area contributed by atoms with Gasteiger partial charge in [-0.15, -0.1) is 0 Å². The molecule has 2 N–H and O–H groups in total. The highest BCUT2D eigenvalue weighted by Crippen LogP contribution is 2.23. The monoisotopic (exact) mass is 250 g/mol. The number of hydrogen-bond acceptors (Lipinski definition) is 3. The van der Waals surface area contributed by atoms with Gasteiger partial charge in [0.1, 0.15) is 5.56 Å². The maximum atomic E-state index is 11.9. The number of amides is 1. The minimum atomic E-state index is -0.354. The first-order valence-electron chi connectivity index (χ1n) is 6.12. The number of H-pyrrole nitrogens is 1. The van der Waals surface area contributed by atoms with Crippen LogP contribution in [0.15, 0.2) is 17.1 Å². The fraction of sp³-hybridized carbons (Fsp3) is 0.538. The molecule has 5 heteroatoms. The number of carbonyl (C=O) groups excluding carboxylic acids is 1. The maximum absolute atomic E-state index is 11.9. The van der Waals surface area contributed by atoms with Crippen LogP contribution in [0.25, 0.3) is 0 Å². The quantitative estimate of drug-likeness (QED) is 0.840. The number of nitrogens with one attached hydrogen (secondary N) is 2. The summed E-state index contributed by atoms with van der Waals surface area (Å²) < 4.78 is 5.58. The largest absolute Gasteiger partial charge is 0.373 e. The Morgan fingerprint density at radius 1 is 1.61 bits per heavy atom. The normalized spacial score (nSPS) is 23.0. The van der Waals surface area contributed by atoms with Gasteiger partial charge in [0.15, 0.2) is 5.43 Å². The van der Waals surface area contributed by atoms with Gasteiger partial charge in [-0.05, 0) is 26.7 Å². The molecule has 1 unspecified atom stereocenters. The van der Waals surface area contributed by atoms with Crippen molar-refractivity contribution >= 4 is 5.91 Å². The average Bonchev–Trinajstić information content (AvgIpc) is 2.74. The molecule has 0 bridgehead atoms. The predicted octanol–water partition coefficient (Wildman–Crippen LogP) is 0.982. The Labute approximate surface area is 106 Å². The van der Waals surface area contributed by atoms with E-state index in [1.54, 1.807) is 6.92 Å². The van der Waals surface area contributed by atoms with E-state index in [0.29, 0.717) is 6.54 Å². The van der Waals surface area contributed by atoms with Crippen LogP contribution in [0.5, 0.6) is 0 Å². The highest BCUT2D eigenvalue weighted by Gasteiger charge is 2.30. The van der Waals surface area contributed by atoms with Crippen molar-refractivity contribution in [2.24, 2.45) is 0 Å². The summed E-state index contributed by atoms with van der Waals surface area (Å²) in [6, 6.07) is 1.42. The molecule has 0 spiro atoms. The zero-order valence-electron chi connectivity index (χ0n) is 10.7. The van der Waals surface area contributed by atoms with Crippen molar-refractivity contribution in [3.8, 4) is 0 Å². The molecule has 2 rings (SSSR count). The van der Waals surface area contributed by atoms with E-state index in [-0.39, 0.29) is 22.5 Å². The Bertz CT molecular complexity index is 501. The van der Waals surface area contributed by atoms with E-state index in [1.807, 2.05) is 6.92 Å². The summed E-state index contributed by atoms with van der Waals surface area (Å²) in [4.78, 5) is 26.4. The summed E-state index contributed by atoms with van der Waals surface area (Å²) in [5.41, 5.74) is 0.318. The average molecular weight is 250 g/mol. The molecule has 0 radical (unpaired) electrons. The van der Waals surface area contributed by atoms with Crippen molar-refractivity contribution < 1.29 is 9.53 Å². The molecule has 1 saturated heterocycles. The molecule has 0 saturated carbocycles. The number of rotatable bonds is 3. The van der Waals surface area contributed by atoms with Crippen LogP contribution >= 0.6 is 0 Å². The van der Waals surface area contributed by atoms with E-state index in [2.05, 4.69) is 10.3 Å². The van der Waals surface area contributed by atoms with E-state index in [1.165, 1.54) is 12.3 Å². The number of aryl methyl sites for hydroxylation is 1. The molecular formula is C13H18N2O3. The summed E-state index contributed by atoms with van der Waals surface area (Å²) in [6.45, 7) is 4.91. The second-order valence-electron chi connectivity index (χ2n) is 4.98. The summed E-state index contributed by atoms with van der Waals surface area (Å²) in [7, 11) is 0. The smallest absolute Gasteiger partial charge is 0.256 e. The molecule has 5 nitrogen and oxygen atoms in total. The lowest BCUT2D eigenvalue weighted by molar-refractivity contribution is 0.0206. The standard InChI is InChI=1S/C13H18N2O3/c1-9-6-11(16)10(7-14-9)12(17)15-8-13(2)4-3-5-18-13/h6-7H,3-5,8H2,1-2H3,(H,14,16)(H,15,17). The van der Waals surface area contributed by atoms with Crippen LogP contribution in [0.3, 0.4) is 0 Å². The fourth-order valence-corrected chi connectivity index (χ4v) is 2.09. The molecule has 18 heavy (non-hydrogen) atoms. The van der Waals surface area contributed by atoms with Gasteiger partial charge in [-0.25, -0.2) is 0 Å². The van der Waals surface area contributed by atoms with Gasteiger partial charge in [0, 0.05) is 31.1 Å². The van der Waals surface area contributed by atoms with Gasteiger partial charge in [-0.1, -0.05) is 0 Å². The summed E-state index contributed by atoms with van der Waals surface area (Å²) in [5, 5.41) is 2.76. The number of carbonyl (C=O) groups is 1. The SMILES string of the molecule is Cc1cc(=O)c(C(=O)NCC2(C)CCCO2)c[nH]1. The Balaban J connectivity index is 2.01. The van der Waals surface area contributed by atoms with Crippen molar-refractivity contribution in [3.05, 3.63) is 33.7 Å². The second kappa shape index (κ2) is 4.94. The molecule has 1 amide bonds. The van der Waals surface area contributed by atoms with Crippen LogP contribution < -0.4 is 10.7 Å². The van der Waals surface area contributed by atoms with Crippen LogP contribution in [-0.2, 0) is 4.74 Å².